The number of nitrogens with one attached hydrogen (secondary N) is 1. The maximum Gasteiger partial charge on any atom is 0.244 e. The molecule has 3 aromatic carbocycles. The molecule has 5 aromatic rings. The second kappa shape index (κ2) is 10.5. The Balaban J connectivity index is 1.41. The van der Waals surface area contributed by atoms with Crippen LogP contribution in [-0.4, -0.2) is 28.6 Å². The summed E-state index contributed by atoms with van der Waals surface area (Å²) in [6.07, 6.45) is 9.70. The number of hydrogen-bond acceptors (Lipinski definition) is 4. The quantitative estimate of drug-likeness (QED) is 0.195. The Hall–Kier alpha value is -4.32. The number of ether oxygens (including phenoxy) is 1. The molecule has 0 spiro atoms. The van der Waals surface area contributed by atoms with E-state index in [0.29, 0.717) is 18.9 Å². The number of carbonyl (C=O) groups excluding carboxylic acids is 1. The number of carbonyl (C=O) groups is 1. The van der Waals surface area contributed by atoms with Crippen LogP contribution in [0.4, 0.5) is 0 Å². The monoisotopic (exact) mass is 479 g/mol. The molecule has 1 N–H and O–H groups in total. The molecule has 0 aliphatic carbocycles. The SMILES string of the molecule is CCOc1cc2occ(-c3ccc4ccccc4c3)c2cc1/C(C)=C/C(=O)NCCCn1ccnc1. The van der Waals surface area contributed by atoms with Gasteiger partial charge in [-0.2, -0.15) is 0 Å². The molecule has 36 heavy (non-hydrogen) atoms. The second-order valence-electron chi connectivity index (χ2n) is 8.76. The zero-order chi connectivity index (χ0) is 24.9. The minimum atomic E-state index is -0.123. The molecule has 0 fully saturated rings. The maximum absolute atomic E-state index is 12.6. The van der Waals surface area contributed by atoms with E-state index < -0.39 is 0 Å². The Bertz CT molecular complexity index is 1530. The van der Waals surface area contributed by atoms with Gasteiger partial charge < -0.3 is 19.0 Å². The second-order valence-corrected chi connectivity index (χ2v) is 8.76. The average molecular weight is 480 g/mol. The zero-order valence-corrected chi connectivity index (χ0v) is 20.5. The summed E-state index contributed by atoms with van der Waals surface area (Å²) in [5.41, 5.74) is 4.55. The van der Waals surface area contributed by atoms with E-state index in [1.165, 1.54) is 10.8 Å². The van der Waals surface area contributed by atoms with E-state index in [4.69, 9.17) is 9.15 Å². The van der Waals surface area contributed by atoms with Gasteiger partial charge in [-0.3, -0.25) is 4.79 Å². The summed E-state index contributed by atoms with van der Waals surface area (Å²) >= 11 is 0. The first-order valence-corrected chi connectivity index (χ1v) is 12.2. The van der Waals surface area contributed by atoms with Crippen LogP contribution in [0.15, 0.2) is 90.1 Å². The molecule has 0 bridgehead atoms. The van der Waals surface area contributed by atoms with Crippen LogP contribution in [0.25, 0.3) is 38.4 Å². The highest BCUT2D eigenvalue weighted by molar-refractivity contribution is 6.01. The number of aryl methyl sites for hydroxylation is 1. The standard InChI is InChI=1S/C30H29N3O3/c1-3-35-28-18-29-26(27(19-36-29)24-10-9-22-7-4-5-8-23(22)16-24)17-25(28)21(2)15-30(34)32-11-6-13-33-14-12-31-20-33/h4-5,7-10,12,14-20H,3,6,11,13H2,1-2H3,(H,32,34)/b21-15+. The number of benzene rings is 3. The van der Waals surface area contributed by atoms with Gasteiger partial charge in [-0.25, -0.2) is 4.98 Å². The first-order valence-electron chi connectivity index (χ1n) is 12.2. The van der Waals surface area contributed by atoms with Crippen molar-refractivity contribution < 1.29 is 13.9 Å². The number of allylic oxidation sites excluding steroid dienone is 1. The molecule has 0 saturated carbocycles. The topological polar surface area (TPSA) is 69.3 Å². The molecule has 1 amide bonds. The lowest BCUT2D eigenvalue weighted by molar-refractivity contribution is -0.116. The predicted octanol–water partition coefficient (Wildman–Crippen LogP) is 6.46. The molecule has 0 unspecified atom stereocenters. The van der Waals surface area contributed by atoms with Crippen LogP contribution in [0.1, 0.15) is 25.8 Å². The number of rotatable bonds is 9. The molecule has 0 aliphatic heterocycles. The zero-order valence-electron chi connectivity index (χ0n) is 20.5. The summed E-state index contributed by atoms with van der Waals surface area (Å²) in [5.74, 6) is 0.577. The summed E-state index contributed by atoms with van der Waals surface area (Å²) in [4.78, 5) is 16.7. The molecule has 0 saturated heterocycles. The van der Waals surface area contributed by atoms with Crippen molar-refractivity contribution >= 4 is 33.2 Å². The third kappa shape index (κ3) is 5.03. The highest BCUT2D eigenvalue weighted by atomic mass is 16.5. The molecule has 2 heterocycles. The number of fused-ring (bicyclic) bond motifs is 2. The minimum Gasteiger partial charge on any atom is -0.493 e. The normalized spacial score (nSPS) is 11.8. The highest BCUT2D eigenvalue weighted by Gasteiger charge is 2.15. The van der Waals surface area contributed by atoms with E-state index in [2.05, 4.69) is 46.7 Å². The van der Waals surface area contributed by atoms with Crippen molar-refractivity contribution in [2.45, 2.75) is 26.8 Å². The third-order valence-corrected chi connectivity index (χ3v) is 6.26. The van der Waals surface area contributed by atoms with Gasteiger partial charge in [-0.1, -0.05) is 36.4 Å². The summed E-state index contributed by atoms with van der Waals surface area (Å²) in [6.45, 7) is 5.80. The number of nitrogens with zero attached hydrogens (tertiary/aromatic N) is 2. The molecule has 182 valence electrons. The first-order chi connectivity index (χ1) is 17.6. The number of imidazole rings is 1. The summed E-state index contributed by atoms with van der Waals surface area (Å²) < 4.78 is 13.8. The number of aromatic nitrogens is 2. The largest absolute Gasteiger partial charge is 0.493 e. The lowest BCUT2D eigenvalue weighted by atomic mass is 9.97. The van der Waals surface area contributed by atoms with E-state index in [1.807, 2.05) is 42.8 Å². The van der Waals surface area contributed by atoms with Crippen LogP contribution < -0.4 is 10.1 Å². The van der Waals surface area contributed by atoms with E-state index in [0.717, 1.165) is 46.2 Å². The van der Waals surface area contributed by atoms with Crippen LogP contribution >= 0.6 is 0 Å². The Labute approximate surface area is 210 Å². The Morgan fingerprint density at radius 2 is 2.00 bits per heavy atom. The van der Waals surface area contributed by atoms with E-state index in [-0.39, 0.29) is 5.91 Å². The summed E-state index contributed by atoms with van der Waals surface area (Å²) in [5, 5.41) is 6.33. The molecule has 0 atom stereocenters. The van der Waals surface area contributed by atoms with Gasteiger partial charge in [0.1, 0.15) is 11.3 Å². The third-order valence-electron chi connectivity index (χ3n) is 6.26. The molecular weight excluding hydrogens is 450 g/mol. The molecule has 5 rings (SSSR count). The molecule has 6 heteroatoms. The van der Waals surface area contributed by atoms with Gasteiger partial charge in [0.2, 0.25) is 5.91 Å². The van der Waals surface area contributed by atoms with Crippen LogP contribution in [0.2, 0.25) is 0 Å². The Morgan fingerprint density at radius 3 is 2.81 bits per heavy atom. The van der Waals surface area contributed by atoms with Gasteiger partial charge >= 0.3 is 0 Å². The lowest BCUT2D eigenvalue weighted by Crippen LogP contribution is -2.23. The van der Waals surface area contributed by atoms with Crippen molar-refractivity contribution in [3.63, 3.8) is 0 Å². The van der Waals surface area contributed by atoms with Crippen LogP contribution in [0.5, 0.6) is 5.75 Å². The number of hydrogen-bond donors (Lipinski definition) is 1. The maximum atomic E-state index is 12.6. The Kier molecular flexibility index (Phi) is 6.85. The average Bonchev–Trinajstić information content (AvgIpc) is 3.56. The Morgan fingerprint density at radius 1 is 1.14 bits per heavy atom. The van der Waals surface area contributed by atoms with E-state index in [1.54, 1.807) is 24.9 Å². The smallest absolute Gasteiger partial charge is 0.244 e. The van der Waals surface area contributed by atoms with Crippen molar-refractivity contribution in [2.75, 3.05) is 13.2 Å². The van der Waals surface area contributed by atoms with Crippen molar-refractivity contribution in [2.24, 2.45) is 0 Å². The van der Waals surface area contributed by atoms with Crippen LogP contribution in [0, 0.1) is 0 Å². The van der Waals surface area contributed by atoms with Crippen LogP contribution in [0.3, 0.4) is 0 Å². The van der Waals surface area contributed by atoms with E-state index in [9.17, 15) is 4.79 Å². The molecular formula is C30H29N3O3. The van der Waals surface area contributed by atoms with Crippen molar-refractivity contribution in [3.8, 4) is 16.9 Å². The van der Waals surface area contributed by atoms with E-state index >= 15 is 0 Å². The lowest BCUT2D eigenvalue weighted by Gasteiger charge is -2.12. The van der Waals surface area contributed by atoms with Crippen molar-refractivity contribution in [3.05, 3.63) is 91.2 Å². The summed E-state index contributed by atoms with van der Waals surface area (Å²) in [6, 6.07) is 18.7. The van der Waals surface area contributed by atoms with Gasteiger partial charge in [-0.15, -0.1) is 0 Å². The van der Waals surface area contributed by atoms with Gasteiger partial charge in [0.05, 0.1) is 19.2 Å². The summed E-state index contributed by atoms with van der Waals surface area (Å²) in [7, 11) is 0. The molecule has 2 aromatic heterocycles. The minimum absolute atomic E-state index is 0.123. The number of furan rings is 1. The fourth-order valence-corrected chi connectivity index (χ4v) is 4.44. The number of amides is 1. The van der Waals surface area contributed by atoms with Gasteiger partial charge in [0.25, 0.3) is 0 Å². The fourth-order valence-electron chi connectivity index (χ4n) is 4.44. The van der Waals surface area contributed by atoms with Gasteiger partial charge in [0, 0.05) is 54.1 Å². The van der Waals surface area contributed by atoms with Gasteiger partial charge in [-0.05, 0) is 54.3 Å². The first kappa shape index (κ1) is 23.4. The van der Waals surface area contributed by atoms with Crippen molar-refractivity contribution in [1.29, 1.82) is 0 Å². The van der Waals surface area contributed by atoms with Crippen molar-refractivity contribution in [1.82, 2.24) is 14.9 Å². The fraction of sp³-hybridized carbons (Fsp3) is 0.200. The molecule has 0 aliphatic rings. The molecule has 0 radical (unpaired) electrons. The molecule has 6 nitrogen and oxygen atoms in total. The highest BCUT2D eigenvalue weighted by Crippen LogP contribution is 2.38. The van der Waals surface area contributed by atoms with Gasteiger partial charge in [0.15, 0.2) is 0 Å². The van der Waals surface area contributed by atoms with Crippen LogP contribution in [-0.2, 0) is 11.3 Å². The predicted molar refractivity (Wildman–Crippen MR) is 144 cm³/mol.